The van der Waals surface area contributed by atoms with Gasteiger partial charge in [0.05, 0.1) is 0 Å². The summed E-state index contributed by atoms with van der Waals surface area (Å²) in [6.07, 6.45) is 0. The number of ether oxygens (including phenoxy) is 2. The van der Waals surface area contributed by atoms with Gasteiger partial charge in [-0.25, -0.2) is 0 Å². The first-order chi connectivity index (χ1) is 24.4. The van der Waals surface area contributed by atoms with E-state index in [4.69, 9.17) is 9.47 Å². The van der Waals surface area contributed by atoms with Gasteiger partial charge in [-0.2, -0.15) is 0 Å². The second-order valence-corrected chi connectivity index (χ2v) is 12.7. The molecular formula is C46H40N2O2. The quantitative estimate of drug-likeness (QED) is 0.147. The minimum Gasteiger partial charge on any atom is -0.457 e. The molecule has 0 fully saturated rings. The minimum atomic E-state index is 0.700. The fourth-order valence-electron chi connectivity index (χ4n) is 5.87. The van der Waals surface area contributed by atoms with Gasteiger partial charge in [-0.3, -0.25) is 0 Å². The van der Waals surface area contributed by atoms with Crippen molar-refractivity contribution in [1.29, 1.82) is 0 Å². The predicted molar refractivity (Wildman–Crippen MR) is 208 cm³/mol. The lowest BCUT2D eigenvalue weighted by atomic mass is 10.1. The van der Waals surface area contributed by atoms with E-state index in [1.165, 1.54) is 22.3 Å². The molecule has 7 rings (SSSR count). The van der Waals surface area contributed by atoms with Crippen LogP contribution in [0.4, 0.5) is 34.1 Å². The largest absolute Gasteiger partial charge is 0.457 e. The molecule has 246 valence electrons. The van der Waals surface area contributed by atoms with Gasteiger partial charge < -0.3 is 19.3 Å². The Bertz CT molecular complexity index is 1910. The summed E-state index contributed by atoms with van der Waals surface area (Å²) < 4.78 is 12.6. The summed E-state index contributed by atoms with van der Waals surface area (Å²) >= 11 is 0. The Labute approximate surface area is 295 Å². The summed E-state index contributed by atoms with van der Waals surface area (Å²) in [4.78, 5) is 4.51. The van der Waals surface area contributed by atoms with Crippen LogP contribution in [0.25, 0.3) is 0 Å². The predicted octanol–water partition coefficient (Wildman–Crippen LogP) is 13.4. The maximum atomic E-state index is 6.29. The third kappa shape index (κ3) is 7.56. The number of anilines is 6. The van der Waals surface area contributed by atoms with Crippen LogP contribution < -0.4 is 19.3 Å². The van der Waals surface area contributed by atoms with Gasteiger partial charge in [0.15, 0.2) is 0 Å². The molecule has 0 aliphatic rings. The van der Waals surface area contributed by atoms with Gasteiger partial charge in [0, 0.05) is 40.2 Å². The molecule has 4 nitrogen and oxygen atoms in total. The number of aryl methyl sites for hydroxylation is 4. The van der Waals surface area contributed by atoms with Crippen LogP contribution in [0.1, 0.15) is 22.3 Å². The molecule has 4 heteroatoms. The molecule has 0 aliphatic heterocycles. The molecule has 0 heterocycles. The molecule has 7 aromatic rings. The number of nitrogens with zero attached hydrogens (tertiary/aromatic N) is 2. The SMILES string of the molecule is Cc1ccc(N(c2ccc(C)cc2)c2ccc(Oc3cccc(Oc4ccc(N(c5ccc(C)cc5)c5ccc(C)cc5)cc4)c3)cc2)cc1. The van der Waals surface area contributed by atoms with Crippen molar-refractivity contribution in [1.82, 2.24) is 0 Å². The van der Waals surface area contributed by atoms with Gasteiger partial charge in [0.25, 0.3) is 0 Å². The second kappa shape index (κ2) is 14.5. The Morgan fingerprint density at radius 2 is 0.520 bits per heavy atom. The van der Waals surface area contributed by atoms with E-state index in [1.807, 2.05) is 48.5 Å². The molecule has 0 amide bonds. The smallest absolute Gasteiger partial charge is 0.131 e. The Morgan fingerprint density at radius 1 is 0.280 bits per heavy atom. The highest BCUT2D eigenvalue weighted by molar-refractivity contribution is 5.78. The van der Waals surface area contributed by atoms with Crippen LogP contribution in [0.15, 0.2) is 170 Å². The van der Waals surface area contributed by atoms with Crippen LogP contribution >= 0.6 is 0 Å². The summed E-state index contributed by atoms with van der Waals surface area (Å²) in [5.41, 5.74) is 11.4. The van der Waals surface area contributed by atoms with Gasteiger partial charge in [0.2, 0.25) is 0 Å². The molecule has 0 aliphatic carbocycles. The first kappa shape index (κ1) is 32.3. The van der Waals surface area contributed by atoms with E-state index in [0.29, 0.717) is 11.5 Å². The van der Waals surface area contributed by atoms with Crippen molar-refractivity contribution in [3.63, 3.8) is 0 Å². The minimum absolute atomic E-state index is 0.700. The maximum Gasteiger partial charge on any atom is 0.131 e. The molecule has 50 heavy (non-hydrogen) atoms. The summed E-state index contributed by atoms with van der Waals surface area (Å²) in [6.45, 7) is 8.43. The molecule has 0 unspecified atom stereocenters. The summed E-state index contributed by atoms with van der Waals surface area (Å²) in [5, 5.41) is 0. The third-order valence-electron chi connectivity index (χ3n) is 8.64. The van der Waals surface area contributed by atoms with Gasteiger partial charge in [-0.05, 0) is 137 Å². The summed E-state index contributed by atoms with van der Waals surface area (Å²) in [6, 6.07) is 58.5. The highest BCUT2D eigenvalue weighted by Crippen LogP contribution is 2.38. The average molecular weight is 653 g/mol. The van der Waals surface area contributed by atoms with Gasteiger partial charge in [-0.1, -0.05) is 76.9 Å². The maximum absolute atomic E-state index is 6.29. The fraction of sp³-hybridized carbons (Fsp3) is 0.0870. The fourth-order valence-corrected chi connectivity index (χ4v) is 5.87. The van der Waals surface area contributed by atoms with E-state index in [0.717, 1.165) is 45.6 Å². The summed E-state index contributed by atoms with van der Waals surface area (Å²) in [7, 11) is 0. The molecule has 0 saturated carbocycles. The molecule has 0 spiro atoms. The molecule has 0 atom stereocenters. The van der Waals surface area contributed by atoms with E-state index in [9.17, 15) is 0 Å². The molecule has 7 aromatic carbocycles. The molecule has 0 aromatic heterocycles. The Balaban J connectivity index is 1.07. The number of hydrogen-bond donors (Lipinski definition) is 0. The van der Waals surface area contributed by atoms with Crippen LogP contribution in [0.3, 0.4) is 0 Å². The van der Waals surface area contributed by atoms with Gasteiger partial charge in [0.1, 0.15) is 23.0 Å². The highest BCUT2D eigenvalue weighted by atomic mass is 16.5. The topological polar surface area (TPSA) is 24.9 Å². The van der Waals surface area contributed by atoms with E-state index >= 15 is 0 Å². The first-order valence-electron chi connectivity index (χ1n) is 16.9. The number of rotatable bonds is 10. The number of benzene rings is 7. The molecule has 0 saturated heterocycles. The van der Waals surface area contributed by atoms with Crippen molar-refractivity contribution in [2.24, 2.45) is 0 Å². The normalized spacial score (nSPS) is 10.8. The van der Waals surface area contributed by atoms with E-state index in [1.54, 1.807) is 0 Å². The van der Waals surface area contributed by atoms with E-state index in [2.05, 4.69) is 159 Å². The van der Waals surface area contributed by atoms with Crippen LogP contribution in [0.5, 0.6) is 23.0 Å². The lowest BCUT2D eigenvalue weighted by Crippen LogP contribution is -2.09. The van der Waals surface area contributed by atoms with Crippen molar-refractivity contribution >= 4 is 34.1 Å². The molecular weight excluding hydrogens is 613 g/mol. The van der Waals surface area contributed by atoms with Crippen molar-refractivity contribution in [3.8, 4) is 23.0 Å². The van der Waals surface area contributed by atoms with Crippen molar-refractivity contribution < 1.29 is 9.47 Å². The summed E-state index contributed by atoms with van der Waals surface area (Å²) in [5.74, 6) is 2.89. The highest BCUT2D eigenvalue weighted by Gasteiger charge is 2.14. The van der Waals surface area contributed by atoms with E-state index < -0.39 is 0 Å². The Kier molecular flexibility index (Phi) is 9.35. The second-order valence-electron chi connectivity index (χ2n) is 12.7. The standard InChI is InChI=1S/C46H40N2O2/c1-33-8-16-37(17-9-33)47(38-18-10-34(2)11-19-38)41-24-28-43(29-25-41)49-45-6-5-7-46(32-45)50-44-30-26-42(27-31-44)48(39-20-12-35(3)13-21-39)40-22-14-36(4)15-23-40/h5-32H,1-4H3. The van der Waals surface area contributed by atoms with Crippen molar-refractivity contribution in [2.75, 3.05) is 9.80 Å². The van der Waals surface area contributed by atoms with Gasteiger partial charge in [-0.15, -0.1) is 0 Å². The monoisotopic (exact) mass is 652 g/mol. The molecule has 0 N–H and O–H groups in total. The Morgan fingerprint density at radius 3 is 0.780 bits per heavy atom. The van der Waals surface area contributed by atoms with Crippen LogP contribution in [-0.2, 0) is 0 Å². The third-order valence-corrected chi connectivity index (χ3v) is 8.64. The zero-order valence-corrected chi connectivity index (χ0v) is 28.9. The zero-order valence-electron chi connectivity index (χ0n) is 28.9. The molecule has 0 bridgehead atoms. The lowest BCUT2D eigenvalue weighted by molar-refractivity contribution is 0.460. The van der Waals surface area contributed by atoms with Crippen molar-refractivity contribution in [2.45, 2.75) is 27.7 Å². The van der Waals surface area contributed by atoms with Crippen LogP contribution in [0, 0.1) is 27.7 Å². The Hall–Kier alpha value is -6.26. The van der Waals surface area contributed by atoms with E-state index in [-0.39, 0.29) is 0 Å². The first-order valence-corrected chi connectivity index (χ1v) is 16.9. The zero-order chi connectivity index (χ0) is 34.5. The van der Waals surface area contributed by atoms with Crippen LogP contribution in [-0.4, -0.2) is 0 Å². The average Bonchev–Trinajstić information content (AvgIpc) is 3.13. The van der Waals surface area contributed by atoms with Crippen molar-refractivity contribution in [3.05, 3.63) is 192 Å². The van der Waals surface area contributed by atoms with Gasteiger partial charge >= 0.3 is 0 Å². The molecule has 0 radical (unpaired) electrons. The van der Waals surface area contributed by atoms with Crippen LogP contribution in [0.2, 0.25) is 0 Å². The lowest BCUT2D eigenvalue weighted by Gasteiger charge is -2.26. The number of hydrogen-bond acceptors (Lipinski definition) is 4.